The predicted molar refractivity (Wildman–Crippen MR) is 93.3 cm³/mol. The van der Waals surface area contributed by atoms with Crippen molar-refractivity contribution in [1.82, 2.24) is 4.98 Å². The van der Waals surface area contributed by atoms with Crippen LogP contribution in [0.5, 0.6) is 5.75 Å². The molecule has 0 atom stereocenters. The van der Waals surface area contributed by atoms with Crippen LogP contribution in [0.2, 0.25) is 0 Å². The Morgan fingerprint density at radius 1 is 1.13 bits per heavy atom. The van der Waals surface area contributed by atoms with Crippen molar-refractivity contribution in [3.8, 4) is 5.75 Å². The van der Waals surface area contributed by atoms with Crippen LogP contribution >= 0.6 is 0 Å². The van der Waals surface area contributed by atoms with E-state index in [1.807, 2.05) is 62.4 Å². The zero-order valence-corrected chi connectivity index (χ0v) is 13.3. The molecule has 0 saturated heterocycles. The fraction of sp³-hybridized carbons (Fsp3) is 0.211. The molecule has 4 heteroatoms. The molecule has 0 aliphatic carbocycles. The van der Waals surface area contributed by atoms with Gasteiger partial charge in [0.05, 0.1) is 12.6 Å². The Kier molecular flexibility index (Phi) is 4.33. The molecule has 0 aliphatic heterocycles. The number of para-hydroxylation sites is 1. The number of nitrogens with one attached hydrogen (secondary N) is 2. The van der Waals surface area contributed by atoms with Crippen LogP contribution in [0.15, 0.2) is 54.7 Å². The number of ketones is 1. The smallest absolute Gasteiger partial charge is 0.183 e. The molecule has 23 heavy (non-hydrogen) atoms. The number of H-pyrrole nitrogens is 1. The summed E-state index contributed by atoms with van der Waals surface area (Å²) in [4.78, 5) is 15.5. The van der Waals surface area contributed by atoms with Crippen molar-refractivity contribution >= 4 is 22.4 Å². The lowest BCUT2D eigenvalue weighted by molar-refractivity contribution is 0.101. The van der Waals surface area contributed by atoms with Crippen LogP contribution in [0, 0.1) is 0 Å². The second-order valence-electron chi connectivity index (χ2n) is 5.72. The SMILES string of the molecule is CC(C)Oc1ccc(NCC(=O)c2c[nH]c3ccccc23)cc1. The average molecular weight is 308 g/mol. The summed E-state index contributed by atoms with van der Waals surface area (Å²) < 4.78 is 5.60. The molecule has 0 saturated carbocycles. The Morgan fingerprint density at radius 3 is 2.61 bits per heavy atom. The summed E-state index contributed by atoms with van der Waals surface area (Å²) in [5.41, 5.74) is 2.59. The van der Waals surface area contributed by atoms with E-state index in [1.165, 1.54) is 0 Å². The molecule has 3 rings (SSSR count). The number of rotatable bonds is 6. The number of aromatic amines is 1. The van der Waals surface area contributed by atoms with E-state index in [2.05, 4.69) is 10.3 Å². The standard InChI is InChI=1S/C19H20N2O2/c1-13(2)23-15-9-7-14(8-10-15)20-12-19(22)17-11-21-18-6-4-3-5-16(17)18/h3-11,13,20-21H,12H2,1-2H3. The molecule has 0 aliphatic rings. The van der Waals surface area contributed by atoms with E-state index in [1.54, 1.807) is 6.20 Å². The van der Waals surface area contributed by atoms with Crippen LogP contribution in [0.1, 0.15) is 24.2 Å². The third kappa shape index (κ3) is 3.54. The third-order valence-electron chi connectivity index (χ3n) is 3.57. The van der Waals surface area contributed by atoms with Gasteiger partial charge >= 0.3 is 0 Å². The van der Waals surface area contributed by atoms with Crippen LogP contribution in [-0.2, 0) is 0 Å². The Balaban J connectivity index is 1.65. The largest absolute Gasteiger partial charge is 0.491 e. The number of ether oxygens (including phenoxy) is 1. The predicted octanol–water partition coefficient (Wildman–Crippen LogP) is 4.25. The highest BCUT2D eigenvalue weighted by Gasteiger charge is 2.11. The van der Waals surface area contributed by atoms with Crippen LogP contribution in [-0.4, -0.2) is 23.4 Å². The number of aromatic nitrogens is 1. The molecule has 0 unspecified atom stereocenters. The summed E-state index contributed by atoms with van der Waals surface area (Å²) in [5, 5.41) is 4.12. The monoisotopic (exact) mass is 308 g/mol. The van der Waals surface area contributed by atoms with Crippen molar-refractivity contribution in [3.63, 3.8) is 0 Å². The van der Waals surface area contributed by atoms with Gasteiger partial charge < -0.3 is 15.0 Å². The second kappa shape index (κ2) is 6.57. The molecule has 2 N–H and O–H groups in total. The first-order valence-electron chi connectivity index (χ1n) is 7.73. The molecule has 0 spiro atoms. The summed E-state index contributed by atoms with van der Waals surface area (Å²) in [6.07, 6.45) is 1.92. The third-order valence-corrected chi connectivity index (χ3v) is 3.57. The van der Waals surface area contributed by atoms with E-state index in [-0.39, 0.29) is 18.4 Å². The quantitative estimate of drug-likeness (QED) is 0.669. The molecule has 3 aromatic rings. The highest BCUT2D eigenvalue weighted by Crippen LogP contribution is 2.19. The van der Waals surface area contributed by atoms with Crippen molar-refractivity contribution in [2.24, 2.45) is 0 Å². The average Bonchev–Trinajstić information content (AvgIpc) is 2.97. The van der Waals surface area contributed by atoms with Gasteiger partial charge in [-0.1, -0.05) is 18.2 Å². The van der Waals surface area contributed by atoms with Gasteiger partial charge in [0.25, 0.3) is 0 Å². The number of carbonyl (C=O) groups excluding carboxylic acids is 1. The topological polar surface area (TPSA) is 54.1 Å². The molecule has 2 aromatic carbocycles. The van der Waals surface area contributed by atoms with Gasteiger partial charge in [-0.05, 0) is 44.2 Å². The fourth-order valence-electron chi connectivity index (χ4n) is 2.50. The number of hydrogen-bond donors (Lipinski definition) is 2. The lowest BCUT2D eigenvalue weighted by atomic mass is 10.1. The number of hydrogen-bond acceptors (Lipinski definition) is 3. The first-order chi connectivity index (χ1) is 11.1. The molecular formula is C19H20N2O2. The van der Waals surface area contributed by atoms with Gasteiger partial charge in [0.2, 0.25) is 0 Å². The summed E-state index contributed by atoms with van der Waals surface area (Å²) in [7, 11) is 0. The molecular weight excluding hydrogens is 288 g/mol. The molecule has 1 aromatic heterocycles. The van der Waals surface area contributed by atoms with Crippen molar-refractivity contribution in [3.05, 3.63) is 60.3 Å². The highest BCUT2D eigenvalue weighted by atomic mass is 16.5. The molecule has 0 bridgehead atoms. The number of anilines is 1. The van der Waals surface area contributed by atoms with Crippen molar-refractivity contribution in [2.45, 2.75) is 20.0 Å². The molecule has 0 fully saturated rings. The van der Waals surface area contributed by atoms with E-state index >= 15 is 0 Å². The van der Waals surface area contributed by atoms with E-state index in [4.69, 9.17) is 4.74 Å². The molecule has 0 radical (unpaired) electrons. The summed E-state index contributed by atoms with van der Waals surface area (Å²) >= 11 is 0. The summed E-state index contributed by atoms with van der Waals surface area (Å²) in [6.45, 7) is 4.24. The number of Topliss-reactive ketones (excluding diaryl/α,β-unsaturated/α-hetero) is 1. The Hall–Kier alpha value is -2.75. The van der Waals surface area contributed by atoms with Crippen LogP contribution < -0.4 is 10.1 Å². The van der Waals surface area contributed by atoms with Crippen molar-refractivity contribution in [2.75, 3.05) is 11.9 Å². The van der Waals surface area contributed by atoms with Gasteiger partial charge in [-0.15, -0.1) is 0 Å². The Bertz CT molecular complexity index is 804. The van der Waals surface area contributed by atoms with Crippen LogP contribution in [0.4, 0.5) is 5.69 Å². The molecule has 0 amide bonds. The maximum absolute atomic E-state index is 12.4. The number of fused-ring (bicyclic) bond motifs is 1. The van der Waals surface area contributed by atoms with Gasteiger partial charge in [0, 0.05) is 28.4 Å². The van der Waals surface area contributed by atoms with E-state index < -0.39 is 0 Å². The zero-order valence-electron chi connectivity index (χ0n) is 13.3. The van der Waals surface area contributed by atoms with E-state index in [0.717, 1.165) is 22.3 Å². The summed E-state index contributed by atoms with van der Waals surface area (Å²) in [6, 6.07) is 15.4. The zero-order chi connectivity index (χ0) is 16.2. The molecule has 1 heterocycles. The maximum Gasteiger partial charge on any atom is 0.183 e. The van der Waals surface area contributed by atoms with Crippen LogP contribution in [0.3, 0.4) is 0 Å². The molecule has 4 nitrogen and oxygen atoms in total. The minimum absolute atomic E-state index is 0.0601. The van der Waals surface area contributed by atoms with E-state index in [9.17, 15) is 4.79 Å². The van der Waals surface area contributed by atoms with Crippen molar-refractivity contribution in [1.29, 1.82) is 0 Å². The van der Waals surface area contributed by atoms with Gasteiger partial charge in [0.15, 0.2) is 5.78 Å². The number of carbonyl (C=O) groups is 1. The minimum Gasteiger partial charge on any atom is -0.491 e. The van der Waals surface area contributed by atoms with Gasteiger partial charge in [-0.2, -0.15) is 0 Å². The maximum atomic E-state index is 12.4. The van der Waals surface area contributed by atoms with Gasteiger partial charge in [-0.3, -0.25) is 4.79 Å². The van der Waals surface area contributed by atoms with Gasteiger partial charge in [-0.25, -0.2) is 0 Å². The van der Waals surface area contributed by atoms with Crippen LogP contribution in [0.25, 0.3) is 10.9 Å². The minimum atomic E-state index is 0.0601. The lowest BCUT2D eigenvalue weighted by Gasteiger charge is -2.10. The van der Waals surface area contributed by atoms with E-state index in [0.29, 0.717) is 5.56 Å². The Morgan fingerprint density at radius 2 is 1.87 bits per heavy atom. The van der Waals surface area contributed by atoms with Crippen molar-refractivity contribution < 1.29 is 9.53 Å². The lowest BCUT2D eigenvalue weighted by Crippen LogP contribution is -2.13. The fourth-order valence-corrected chi connectivity index (χ4v) is 2.50. The normalized spacial score (nSPS) is 10.9. The van der Waals surface area contributed by atoms with Gasteiger partial charge in [0.1, 0.15) is 5.75 Å². The Labute approximate surface area is 135 Å². The number of benzene rings is 2. The first kappa shape index (κ1) is 15.2. The first-order valence-corrected chi connectivity index (χ1v) is 7.73. The molecule has 118 valence electrons. The summed E-state index contributed by atoms with van der Waals surface area (Å²) in [5.74, 6) is 0.887. The highest BCUT2D eigenvalue weighted by molar-refractivity contribution is 6.09. The second-order valence-corrected chi connectivity index (χ2v) is 5.72.